The van der Waals surface area contributed by atoms with E-state index in [1.165, 1.54) is 17.2 Å². The Bertz CT molecular complexity index is 1170. The van der Waals surface area contributed by atoms with Crippen LogP contribution in [0, 0.1) is 6.92 Å². The van der Waals surface area contributed by atoms with E-state index in [2.05, 4.69) is 16.8 Å². The van der Waals surface area contributed by atoms with Crippen molar-refractivity contribution in [1.82, 2.24) is 19.9 Å². The monoisotopic (exact) mass is 494 g/mol. The van der Waals surface area contributed by atoms with Gasteiger partial charge in [-0.05, 0) is 31.1 Å². The number of likely N-dealkylation sites (tertiary alicyclic amines) is 1. The number of allylic oxidation sites excluding steroid dienone is 3. The predicted molar refractivity (Wildman–Crippen MR) is 117 cm³/mol. The molecule has 4 rings (SSSR count). The minimum atomic E-state index is -4.54. The van der Waals surface area contributed by atoms with Gasteiger partial charge in [-0.15, -0.1) is 0 Å². The maximum Gasteiger partial charge on any atom is 0.416 e. The van der Waals surface area contributed by atoms with Crippen molar-refractivity contribution in [2.45, 2.75) is 44.0 Å². The van der Waals surface area contributed by atoms with Gasteiger partial charge >= 0.3 is 6.18 Å². The Kier molecular flexibility index (Phi) is 6.63. The minimum absolute atomic E-state index is 0.111. The van der Waals surface area contributed by atoms with Crippen LogP contribution in [0.15, 0.2) is 66.5 Å². The lowest BCUT2D eigenvalue weighted by Crippen LogP contribution is -2.46. The fourth-order valence-electron chi connectivity index (χ4n) is 4.10. The largest absolute Gasteiger partial charge is 0.416 e. The van der Waals surface area contributed by atoms with Gasteiger partial charge in [-0.2, -0.15) is 28.2 Å². The van der Waals surface area contributed by atoms with E-state index in [4.69, 9.17) is 4.74 Å². The van der Waals surface area contributed by atoms with E-state index in [-0.39, 0.29) is 18.5 Å². The third-order valence-electron chi connectivity index (χ3n) is 6.03. The van der Waals surface area contributed by atoms with Crippen molar-refractivity contribution in [3.05, 3.63) is 77.7 Å². The van der Waals surface area contributed by atoms with Crippen molar-refractivity contribution in [2.75, 3.05) is 13.2 Å². The molecule has 11 heteroatoms. The number of benzene rings is 1. The lowest BCUT2D eigenvalue weighted by atomic mass is 10.1. The molecule has 0 radical (unpaired) electrons. The topological polar surface area (TPSA) is 60.2 Å². The van der Waals surface area contributed by atoms with E-state index in [1.54, 1.807) is 25.1 Å². The number of carbonyl (C=O) groups is 1. The van der Waals surface area contributed by atoms with Crippen molar-refractivity contribution in [3.63, 3.8) is 0 Å². The van der Waals surface area contributed by atoms with Crippen LogP contribution in [-0.2, 0) is 4.74 Å². The number of aromatic nitrogens is 3. The van der Waals surface area contributed by atoms with Crippen LogP contribution in [0.1, 0.15) is 28.8 Å². The number of halogens is 5. The highest BCUT2D eigenvalue weighted by molar-refractivity contribution is 5.98. The van der Waals surface area contributed by atoms with Gasteiger partial charge in [-0.1, -0.05) is 36.4 Å². The molecular weight excluding hydrogens is 471 g/mol. The summed E-state index contributed by atoms with van der Waals surface area (Å²) in [7, 11) is 0. The number of alkyl halides is 5. The van der Waals surface area contributed by atoms with Crippen molar-refractivity contribution in [2.24, 2.45) is 0 Å². The van der Waals surface area contributed by atoms with Gasteiger partial charge < -0.3 is 9.64 Å². The van der Waals surface area contributed by atoms with Crippen LogP contribution in [0.25, 0.3) is 5.69 Å². The molecule has 2 aromatic rings. The first-order chi connectivity index (χ1) is 16.5. The first-order valence-corrected chi connectivity index (χ1v) is 10.9. The molecule has 186 valence electrons. The zero-order chi connectivity index (χ0) is 25.4. The van der Waals surface area contributed by atoms with Crippen LogP contribution in [0.5, 0.6) is 0 Å². The Balaban J connectivity index is 1.56. The predicted octanol–water partition coefficient (Wildman–Crippen LogP) is 4.82. The number of hydrogen-bond acceptors (Lipinski definition) is 4. The average Bonchev–Trinajstić information content (AvgIpc) is 3.37. The van der Waals surface area contributed by atoms with Crippen molar-refractivity contribution in [3.8, 4) is 5.69 Å². The van der Waals surface area contributed by atoms with E-state index in [0.717, 1.165) is 28.7 Å². The molecular formula is C24H23F5N4O2. The molecule has 2 aliphatic rings. The Morgan fingerprint density at radius 2 is 1.97 bits per heavy atom. The van der Waals surface area contributed by atoms with E-state index in [0.29, 0.717) is 11.3 Å². The van der Waals surface area contributed by atoms with Gasteiger partial charge in [-0.25, -0.2) is 8.78 Å². The van der Waals surface area contributed by atoms with Crippen LogP contribution < -0.4 is 0 Å². The Morgan fingerprint density at radius 3 is 2.66 bits per heavy atom. The lowest BCUT2D eigenvalue weighted by Gasteiger charge is -2.29. The summed E-state index contributed by atoms with van der Waals surface area (Å²) in [5.74, 6) is -3.88. The summed E-state index contributed by atoms with van der Waals surface area (Å²) in [6.45, 7) is 4.72. The zero-order valence-corrected chi connectivity index (χ0v) is 18.8. The minimum Gasteiger partial charge on any atom is -0.367 e. The van der Waals surface area contributed by atoms with Crippen molar-refractivity contribution in [1.29, 1.82) is 0 Å². The van der Waals surface area contributed by atoms with E-state index in [1.807, 2.05) is 0 Å². The van der Waals surface area contributed by atoms with Crippen molar-refractivity contribution >= 4 is 5.91 Å². The number of carbonyl (C=O) groups excluding carboxylic acids is 1. The van der Waals surface area contributed by atoms with Gasteiger partial charge in [0.05, 0.1) is 41.9 Å². The first kappa shape index (κ1) is 24.8. The molecule has 1 amide bonds. The van der Waals surface area contributed by atoms with Gasteiger partial charge in [0.2, 0.25) is 0 Å². The van der Waals surface area contributed by atoms with Crippen LogP contribution in [0.2, 0.25) is 0 Å². The summed E-state index contributed by atoms with van der Waals surface area (Å²) in [5, 5.41) is 8.06. The molecule has 1 aromatic carbocycles. The van der Waals surface area contributed by atoms with Gasteiger partial charge in [-0.3, -0.25) is 4.79 Å². The highest BCUT2D eigenvalue weighted by Crippen LogP contribution is 2.37. The molecule has 1 unspecified atom stereocenters. The van der Waals surface area contributed by atoms with Gasteiger partial charge in [0.25, 0.3) is 11.8 Å². The average molecular weight is 494 g/mol. The van der Waals surface area contributed by atoms with Crippen LogP contribution in [0.3, 0.4) is 0 Å². The number of hydrogen-bond donors (Lipinski definition) is 0. The molecule has 1 aliphatic heterocycles. The normalized spacial score (nSPS) is 22.3. The number of nitrogens with zero attached hydrogens (tertiary/aromatic N) is 4. The van der Waals surface area contributed by atoms with Gasteiger partial charge in [0.1, 0.15) is 6.04 Å². The summed E-state index contributed by atoms with van der Waals surface area (Å²) in [6.07, 6.45) is -0.364. The molecule has 1 fully saturated rings. The molecule has 0 N–H and O–H groups in total. The fourth-order valence-corrected chi connectivity index (χ4v) is 4.10. The van der Waals surface area contributed by atoms with Crippen molar-refractivity contribution < 1.29 is 31.5 Å². The summed E-state index contributed by atoms with van der Waals surface area (Å²) in [6, 6.07) is 3.36. The number of rotatable bonds is 5. The Hall–Kier alpha value is -3.34. The number of ether oxygens (including phenoxy) is 1. The number of amides is 1. The fraction of sp³-hybridized carbons (Fsp3) is 0.375. The quantitative estimate of drug-likeness (QED) is 0.442. The van der Waals surface area contributed by atoms with Crippen LogP contribution >= 0.6 is 0 Å². The maximum absolute atomic E-state index is 14.8. The molecule has 2 atom stereocenters. The number of aryl methyl sites for hydroxylation is 1. The summed E-state index contributed by atoms with van der Waals surface area (Å²) >= 11 is 0. The van der Waals surface area contributed by atoms with Gasteiger partial charge in [0, 0.05) is 13.0 Å². The first-order valence-electron chi connectivity index (χ1n) is 10.9. The SMILES string of the molecule is C=C1CC=C(C(F)(F)F)C=CC1OC[C@H]1N(C(=O)c2cc(C)ccc2-n2nccn2)CCC1(F)F. The summed E-state index contributed by atoms with van der Waals surface area (Å²) in [5.41, 5.74) is 0.682. The van der Waals surface area contributed by atoms with E-state index >= 15 is 0 Å². The third-order valence-corrected chi connectivity index (χ3v) is 6.03. The Morgan fingerprint density at radius 1 is 1.26 bits per heavy atom. The second-order valence-electron chi connectivity index (χ2n) is 8.50. The molecule has 1 aromatic heterocycles. The molecule has 1 saturated heterocycles. The van der Waals surface area contributed by atoms with E-state index < -0.39 is 48.8 Å². The highest BCUT2D eigenvalue weighted by atomic mass is 19.4. The molecule has 0 spiro atoms. The second kappa shape index (κ2) is 9.37. The van der Waals surface area contributed by atoms with Gasteiger partial charge in [0.15, 0.2) is 0 Å². The summed E-state index contributed by atoms with van der Waals surface area (Å²) in [4.78, 5) is 15.7. The Labute approximate surface area is 198 Å². The smallest absolute Gasteiger partial charge is 0.367 e. The second-order valence-corrected chi connectivity index (χ2v) is 8.50. The third kappa shape index (κ3) is 5.19. The van der Waals surface area contributed by atoms with Crippen LogP contribution in [0.4, 0.5) is 22.0 Å². The highest BCUT2D eigenvalue weighted by Gasteiger charge is 2.51. The molecule has 0 saturated carbocycles. The standard InChI is InChI=1S/C24H23F5N4O2/c1-15-3-7-19(33-30-10-11-31-33)18(13-15)22(34)32-12-9-23(25,26)21(32)14-35-20-8-6-17(24(27,28)29)5-4-16(20)2/h3,5-8,10-11,13,20-21H,2,4,9,12,14H2,1H3/t20?,21-/m1/s1. The molecule has 0 bridgehead atoms. The lowest BCUT2D eigenvalue weighted by molar-refractivity contribution is -0.0883. The summed E-state index contributed by atoms with van der Waals surface area (Å²) < 4.78 is 74.4. The molecule has 35 heavy (non-hydrogen) atoms. The zero-order valence-electron chi connectivity index (χ0n) is 18.8. The maximum atomic E-state index is 14.8. The molecule has 2 heterocycles. The molecule has 1 aliphatic carbocycles. The van der Waals surface area contributed by atoms with E-state index in [9.17, 15) is 26.7 Å². The molecule has 6 nitrogen and oxygen atoms in total. The van der Waals surface area contributed by atoms with Crippen LogP contribution in [-0.4, -0.2) is 63.2 Å².